The van der Waals surface area contributed by atoms with Crippen LogP contribution in [0.2, 0.25) is 0 Å². The molecule has 4 heteroatoms. The maximum atomic E-state index is 5.76. The average Bonchev–Trinajstić information content (AvgIpc) is 2.38. The summed E-state index contributed by atoms with van der Waals surface area (Å²) < 4.78 is 5.76. The molecule has 2 rings (SSSR count). The van der Waals surface area contributed by atoms with E-state index in [2.05, 4.69) is 15.3 Å². The summed E-state index contributed by atoms with van der Waals surface area (Å²) in [4.78, 5) is 8.40. The molecular weight excluding hydrogens is 226 g/mol. The monoisotopic (exact) mass is 243 g/mol. The number of ether oxygens (including phenoxy) is 1. The minimum Gasteiger partial charge on any atom is -0.489 e. The lowest BCUT2D eigenvalue weighted by Crippen LogP contribution is -2.23. The third kappa shape index (κ3) is 3.73. The number of hydrogen-bond acceptors (Lipinski definition) is 4. The molecule has 0 aliphatic rings. The molecule has 2 aromatic rings. The molecule has 0 spiro atoms. The first-order valence-electron chi connectivity index (χ1n) is 5.98. The molecule has 4 nitrogen and oxygen atoms in total. The van der Waals surface area contributed by atoms with E-state index in [1.807, 2.05) is 44.2 Å². The second-order valence-corrected chi connectivity index (χ2v) is 4.17. The van der Waals surface area contributed by atoms with E-state index in [1.54, 1.807) is 12.4 Å². The van der Waals surface area contributed by atoms with E-state index in [1.165, 1.54) is 0 Å². The Bertz CT molecular complexity index is 487. The topological polar surface area (TPSA) is 47.0 Å². The van der Waals surface area contributed by atoms with E-state index >= 15 is 0 Å². The van der Waals surface area contributed by atoms with Crippen molar-refractivity contribution >= 4 is 5.82 Å². The molecule has 0 saturated heterocycles. The van der Waals surface area contributed by atoms with Crippen LogP contribution in [0.1, 0.15) is 12.6 Å². The molecule has 1 N–H and O–H groups in total. The first-order chi connectivity index (χ1) is 8.74. The molecule has 1 heterocycles. The second-order valence-electron chi connectivity index (χ2n) is 4.17. The summed E-state index contributed by atoms with van der Waals surface area (Å²) in [6.07, 6.45) is 3.51. The summed E-state index contributed by atoms with van der Waals surface area (Å²) in [5.74, 6) is 1.65. The van der Waals surface area contributed by atoms with Gasteiger partial charge in [-0.05, 0) is 26.0 Å². The van der Waals surface area contributed by atoms with Crippen LogP contribution in [-0.2, 0) is 0 Å². The second kappa shape index (κ2) is 6.00. The van der Waals surface area contributed by atoms with Gasteiger partial charge in [-0.25, -0.2) is 4.98 Å². The fraction of sp³-hybridized carbons (Fsp3) is 0.286. The van der Waals surface area contributed by atoms with Crippen LogP contribution in [0.3, 0.4) is 0 Å². The third-order valence-corrected chi connectivity index (χ3v) is 2.41. The number of rotatable bonds is 5. The van der Waals surface area contributed by atoms with Gasteiger partial charge in [0.05, 0.1) is 18.4 Å². The quantitative estimate of drug-likeness (QED) is 0.877. The van der Waals surface area contributed by atoms with E-state index < -0.39 is 0 Å². The molecule has 0 aliphatic carbocycles. The van der Waals surface area contributed by atoms with E-state index in [0.29, 0.717) is 6.54 Å². The molecule has 18 heavy (non-hydrogen) atoms. The molecule has 1 unspecified atom stereocenters. The third-order valence-electron chi connectivity index (χ3n) is 2.41. The van der Waals surface area contributed by atoms with Gasteiger partial charge in [-0.15, -0.1) is 0 Å². The smallest absolute Gasteiger partial charge is 0.144 e. The largest absolute Gasteiger partial charge is 0.489 e. The minimum atomic E-state index is 0.0645. The summed E-state index contributed by atoms with van der Waals surface area (Å²) in [6, 6.07) is 9.78. The van der Waals surface area contributed by atoms with Gasteiger partial charge >= 0.3 is 0 Å². The number of aryl methyl sites for hydroxylation is 1. The summed E-state index contributed by atoms with van der Waals surface area (Å²) in [5.41, 5.74) is 0.900. The molecule has 1 aromatic heterocycles. The Morgan fingerprint density at radius 1 is 1.22 bits per heavy atom. The molecule has 0 fully saturated rings. The SMILES string of the molecule is Cc1cncc(NCC(C)Oc2ccccc2)n1. The predicted octanol–water partition coefficient (Wildman–Crippen LogP) is 2.66. The predicted molar refractivity (Wildman–Crippen MR) is 71.8 cm³/mol. The number of para-hydroxylation sites is 1. The summed E-state index contributed by atoms with van der Waals surface area (Å²) in [5, 5.41) is 3.21. The Morgan fingerprint density at radius 3 is 2.72 bits per heavy atom. The van der Waals surface area contributed by atoms with Gasteiger partial charge in [0.25, 0.3) is 0 Å². The van der Waals surface area contributed by atoms with Crippen LogP contribution in [-0.4, -0.2) is 22.6 Å². The number of anilines is 1. The van der Waals surface area contributed by atoms with E-state index in [4.69, 9.17) is 4.74 Å². The fourth-order valence-corrected chi connectivity index (χ4v) is 1.57. The zero-order valence-corrected chi connectivity index (χ0v) is 10.6. The van der Waals surface area contributed by atoms with Gasteiger partial charge in [-0.3, -0.25) is 4.98 Å². The van der Waals surface area contributed by atoms with Crippen LogP contribution in [0.15, 0.2) is 42.7 Å². The van der Waals surface area contributed by atoms with Gasteiger partial charge in [0, 0.05) is 6.20 Å². The first kappa shape index (κ1) is 12.4. The Morgan fingerprint density at radius 2 is 2.00 bits per heavy atom. The van der Waals surface area contributed by atoms with Crippen molar-refractivity contribution in [2.24, 2.45) is 0 Å². The van der Waals surface area contributed by atoms with Gasteiger partial charge in [0.2, 0.25) is 0 Å². The number of aromatic nitrogens is 2. The van der Waals surface area contributed by atoms with Crippen molar-refractivity contribution in [3.05, 3.63) is 48.4 Å². The number of nitrogens with zero attached hydrogens (tertiary/aromatic N) is 2. The average molecular weight is 243 g/mol. The maximum Gasteiger partial charge on any atom is 0.144 e. The number of benzene rings is 1. The van der Waals surface area contributed by atoms with Crippen LogP contribution in [0.5, 0.6) is 5.75 Å². The Hall–Kier alpha value is -2.10. The Balaban J connectivity index is 1.83. The lowest BCUT2D eigenvalue weighted by atomic mass is 10.3. The molecule has 1 atom stereocenters. The van der Waals surface area contributed by atoms with Gasteiger partial charge in [0.15, 0.2) is 0 Å². The fourth-order valence-electron chi connectivity index (χ4n) is 1.57. The maximum absolute atomic E-state index is 5.76. The van der Waals surface area contributed by atoms with Crippen LogP contribution < -0.4 is 10.1 Å². The standard InChI is InChI=1S/C14H17N3O/c1-11-8-15-10-14(17-11)16-9-12(2)18-13-6-4-3-5-7-13/h3-8,10,12H,9H2,1-2H3,(H,16,17). The summed E-state index contributed by atoms with van der Waals surface area (Å²) in [6.45, 7) is 4.62. The van der Waals surface area contributed by atoms with Crippen molar-refractivity contribution < 1.29 is 4.74 Å². The van der Waals surface area contributed by atoms with Crippen LogP contribution >= 0.6 is 0 Å². The number of nitrogens with one attached hydrogen (secondary N) is 1. The minimum absolute atomic E-state index is 0.0645. The van der Waals surface area contributed by atoms with Gasteiger partial charge in [-0.2, -0.15) is 0 Å². The summed E-state index contributed by atoms with van der Waals surface area (Å²) >= 11 is 0. The van der Waals surface area contributed by atoms with Crippen molar-refractivity contribution in [1.29, 1.82) is 0 Å². The van der Waals surface area contributed by atoms with Crippen LogP contribution in [0.25, 0.3) is 0 Å². The van der Waals surface area contributed by atoms with Crippen molar-refractivity contribution in [2.75, 3.05) is 11.9 Å². The molecular formula is C14H17N3O. The lowest BCUT2D eigenvalue weighted by Gasteiger charge is -2.15. The molecule has 1 aromatic carbocycles. The zero-order valence-electron chi connectivity index (χ0n) is 10.6. The molecule has 0 aliphatic heterocycles. The van der Waals surface area contributed by atoms with E-state index in [0.717, 1.165) is 17.3 Å². The van der Waals surface area contributed by atoms with Crippen LogP contribution in [0.4, 0.5) is 5.82 Å². The lowest BCUT2D eigenvalue weighted by molar-refractivity contribution is 0.234. The highest BCUT2D eigenvalue weighted by Gasteiger charge is 2.04. The van der Waals surface area contributed by atoms with Gasteiger partial charge in [0.1, 0.15) is 17.7 Å². The van der Waals surface area contributed by atoms with Crippen molar-refractivity contribution in [2.45, 2.75) is 20.0 Å². The highest BCUT2D eigenvalue weighted by molar-refractivity contribution is 5.31. The van der Waals surface area contributed by atoms with Crippen molar-refractivity contribution in [1.82, 2.24) is 9.97 Å². The normalized spacial score (nSPS) is 11.9. The van der Waals surface area contributed by atoms with E-state index in [-0.39, 0.29) is 6.10 Å². The zero-order chi connectivity index (χ0) is 12.8. The summed E-state index contributed by atoms with van der Waals surface area (Å²) in [7, 11) is 0. The highest BCUT2D eigenvalue weighted by Crippen LogP contribution is 2.11. The molecule has 0 radical (unpaired) electrons. The van der Waals surface area contributed by atoms with Gasteiger partial charge < -0.3 is 10.1 Å². The highest BCUT2D eigenvalue weighted by atomic mass is 16.5. The molecule has 94 valence electrons. The van der Waals surface area contributed by atoms with Crippen molar-refractivity contribution in [3.63, 3.8) is 0 Å². The first-order valence-corrected chi connectivity index (χ1v) is 5.98. The molecule has 0 amide bonds. The van der Waals surface area contributed by atoms with Crippen molar-refractivity contribution in [3.8, 4) is 5.75 Å². The number of hydrogen-bond donors (Lipinski definition) is 1. The Labute approximate surface area is 107 Å². The van der Waals surface area contributed by atoms with Crippen LogP contribution in [0, 0.1) is 6.92 Å². The Kier molecular flexibility index (Phi) is 4.12. The molecule has 0 bridgehead atoms. The van der Waals surface area contributed by atoms with E-state index in [9.17, 15) is 0 Å². The van der Waals surface area contributed by atoms with Gasteiger partial charge in [-0.1, -0.05) is 18.2 Å². The molecule has 0 saturated carbocycles.